The zero-order chi connectivity index (χ0) is 9.02. The van der Waals surface area contributed by atoms with Crippen LogP contribution in [0.1, 0.15) is 13.3 Å². The second-order valence-corrected chi connectivity index (χ2v) is 2.10. The number of aliphatic carboxylic acids is 2. The van der Waals surface area contributed by atoms with Gasteiger partial charge in [0, 0.05) is 0 Å². The molecule has 0 spiro atoms. The minimum Gasteiger partial charge on any atom is -0.481 e. The van der Waals surface area contributed by atoms with Crippen molar-refractivity contribution in [1.29, 1.82) is 0 Å². The highest BCUT2D eigenvalue weighted by Gasteiger charge is 2.25. The van der Waals surface area contributed by atoms with Crippen molar-refractivity contribution in [3.8, 4) is 0 Å². The third kappa shape index (κ3) is 3.34. The molecule has 5 nitrogen and oxygen atoms in total. The number of hydrogen-bond acceptors (Lipinski definition) is 3. The first kappa shape index (κ1) is 9.61. The van der Waals surface area contributed by atoms with Crippen LogP contribution in [0.15, 0.2) is 0 Å². The van der Waals surface area contributed by atoms with E-state index in [9.17, 15) is 14.4 Å². The lowest BCUT2D eigenvalue weighted by atomic mass is 10.0. The molecule has 0 aliphatic heterocycles. The van der Waals surface area contributed by atoms with E-state index in [1.165, 1.54) is 0 Å². The molecule has 11 heavy (non-hydrogen) atoms. The Hall–Kier alpha value is -1.39. The summed E-state index contributed by atoms with van der Waals surface area (Å²) in [5.74, 6) is -4.72. The number of carboxylic acid groups (broad SMARTS) is 2. The maximum atomic E-state index is 10.5. The highest BCUT2D eigenvalue weighted by molar-refractivity contribution is 5.99. The second-order valence-electron chi connectivity index (χ2n) is 2.10. The van der Waals surface area contributed by atoms with Crippen molar-refractivity contribution < 1.29 is 24.6 Å². The molecule has 0 rings (SSSR count). The summed E-state index contributed by atoms with van der Waals surface area (Å²) in [7, 11) is 0. The molecule has 2 N–H and O–H groups in total. The lowest BCUT2D eigenvalue weighted by molar-refractivity contribution is -0.151. The number of rotatable bonds is 4. The molecule has 0 heterocycles. The van der Waals surface area contributed by atoms with Crippen LogP contribution >= 0.6 is 0 Å². The number of carbonyl (C=O) groups is 3. The third-order valence-electron chi connectivity index (χ3n) is 1.17. The van der Waals surface area contributed by atoms with E-state index in [0.717, 1.165) is 6.92 Å². The Morgan fingerprint density at radius 3 is 1.82 bits per heavy atom. The zero-order valence-electron chi connectivity index (χ0n) is 5.90. The molecule has 0 aliphatic rings. The molecule has 0 aliphatic carbocycles. The minimum absolute atomic E-state index is 0.639. The molecule has 0 aromatic heterocycles. The van der Waals surface area contributed by atoms with E-state index in [2.05, 4.69) is 0 Å². The number of Topliss-reactive ketones (excluding diaryl/α,β-unsaturated/α-hetero) is 1. The van der Waals surface area contributed by atoms with Crippen LogP contribution in [-0.2, 0) is 14.4 Å². The van der Waals surface area contributed by atoms with Gasteiger partial charge in [0.25, 0.3) is 0 Å². The molecule has 0 saturated carbocycles. The molecule has 0 aromatic rings. The van der Waals surface area contributed by atoms with Crippen LogP contribution in [0.3, 0.4) is 0 Å². The Bertz CT molecular complexity index is 181. The van der Waals surface area contributed by atoms with Crippen molar-refractivity contribution >= 4 is 17.7 Å². The molecular weight excluding hydrogens is 152 g/mol. The summed E-state index contributed by atoms with van der Waals surface area (Å²) >= 11 is 0. The highest BCUT2D eigenvalue weighted by Crippen LogP contribution is 2.04. The average molecular weight is 160 g/mol. The van der Waals surface area contributed by atoms with E-state index >= 15 is 0 Å². The highest BCUT2D eigenvalue weighted by atomic mass is 16.4. The summed E-state index contributed by atoms with van der Waals surface area (Å²) in [5.41, 5.74) is 0. The quantitative estimate of drug-likeness (QED) is 0.553. The average Bonchev–Trinajstić information content (AvgIpc) is 1.81. The summed E-state index contributed by atoms with van der Waals surface area (Å²) in [6, 6.07) is 0. The predicted octanol–water partition coefficient (Wildman–Crippen LogP) is -0.249. The van der Waals surface area contributed by atoms with Crippen molar-refractivity contribution in [1.82, 2.24) is 0 Å². The molecule has 0 amide bonds. The molecule has 0 fully saturated rings. The van der Waals surface area contributed by atoms with Gasteiger partial charge in [-0.05, 0) is 6.92 Å². The van der Waals surface area contributed by atoms with Crippen molar-refractivity contribution in [3.63, 3.8) is 0 Å². The van der Waals surface area contributed by atoms with Gasteiger partial charge in [0.15, 0.2) is 0 Å². The summed E-state index contributed by atoms with van der Waals surface area (Å²) in [6.45, 7) is 1.06. The molecule has 0 saturated heterocycles. The second kappa shape index (κ2) is 3.70. The SMILES string of the molecule is CC(=O)C(CC(=O)O)C(=O)O. The van der Waals surface area contributed by atoms with Gasteiger partial charge in [-0.2, -0.15) is 0 Å². The van der Waals surface area contributed by atoms with Gasteiger partial charge in [0.05, 0.1) is 6.42 Å². The first-order chi connectivity index (χ1) is 4.95. The molecule has 0 bridgehead atoms. The minimum atomic E-state index is -1.41. The lowest BCUT2D eigenvalue weighted by Gasteiger charge is -2.03. The molecule has 5 heteroatoms. The maximum Gasteiger partial charge on any atom is 0.314 e. The van der Waals surface area contributed by atoms with E-state index < -0.39 is 30.1 Å². The molecule has 1 atom stereocenters. The Morgan fingerprint density at radius 1 is 1.27 bits per heavy atom. The van der Waals surface area contributed by atoms with Crippen molar-refractivity contribution in [2.45, 2.75) is 13.3 Å². The lowest BCUT2D eigenvalue weighted by Crippen LogP contribution is -2.24. The van der Waals surface area contributed by atoms with E-state index in [4.69, 9.17) is 10.2 Å². The van der Waals surface area contributed by atoms with Gasteiger partial charge in [0.1, 0.15) is 11.7 Å². The van der Waals surface area contributed by atoms with Gasteiger partial charge in [-0.1, -0.05) is 0 Å². The summed E-state index contributed by atoms with van der Waals surface area (Å²) < 4.78 is 0. The van der Waals surface area contributed by atoms with Gasteiger partial charge in [-0.25, -0.2) is 0 Å². The van der Waals surface area contributed by atoms with Crippen LogP contribution in [-0.4, -0.2) is 27.9 Å². The first-order valence-electron chi connectivity index (χ1n) is 2.90. The molecule has 1 unspecified atom stereocenters. The van der Waals surface area contributed by atoms with E-state index in [1.807, 2.05) is 0 Å². The Balaban J connectivity index is 4.23. The largest absolute Gasteiger partial charge is 0.481 e. The van der Waals surface area contributed by atoms with Gasteiger partial charge >= 0.3 is 11.9 Å². The third-order valence-corrected chi connectivity index (χ3v) is 1.17. The molecule has 62 valence electrons. The van der Waals surface area contributed by atoms with E-state index in [1.54, 1.807) is 0 Å². The van der Waals surface area contributed by atoms with E-state index in [-0.39, 0.29) is 0 Å². The molecule has 0 radical (unpaired) electrons. The van der Waals surface area contributed by atoms with Crippen molar-refractivity contribution in [2.75, 3.05) is 0 Å². The number of hydrogen-bond donors (Lipinski definition) is 2. The monoisotopic (exact) mass is 160 g/mol. The first-order valence-corrected chi connectivity index (χ1v) is 2.90. The number of ketones is 1. The Morgan fingerprint density at radius 2 is 1.73 bits per heavy atom. The van der Waals surface area contributed by atoms with Gasteiger partial charge in [0.2, 0.25) is 0 Å². The summed E-state index contributed by atoms with van der Waals surface area (Å²) in [5, 5.41) is 16.5. The van der Waals surface area contributed by atoms with E-state index in [0.29, 0.717) is 0 Å². The number of carboxylic acids is 2. The van der Waals surface area contributed by atoms with Crippen molar-refractivity contribution in [2.24, 2.45) is 5.92 Å². The molecular formula is C6H8O5. The topological polar surface area (TPSA) is 91.7 Å². The van der Waals surface area contributed by atoms with Gasteiger partial charge in [-0.15, -0.1) is 0 Å². The van der Waals surface area contributed by atoms with Gasteiger partial charge < -0.3 is 10.2 Å². The zero-order valence-corrected chi connectivity index (χ0v) is 5.90. The van der Waals surface area contributed by atoms with Crippen LogP contribution in [0.4, 0.5) is 0 Å². The van der Waals surface area contributed by atoms with Gasteiger partial charge in [-0.3, -0.25) is 14.4 Å². The van der Waals surface area contributed by atoms with Crippen LogP contribution in [0, 0.1) is 5.92 Å². The predicted molar refractivity (Wildman–Crippen MR) is 34.1 cm³/mol. The van der Waals surface area contributed by atoms with Crippen LogP contribution in [0.2, 0.25) is 0 Å². The van der Waals surface area contributed by atoms with Crippen LogP contribution in [0.25, 0.3) is 0 Å². The molecule has 0 aromatic carbocycles. The summed E-state index contributed by atoms with van der Waals surface area (Å²) in [4.78, 5) is 30.7. The Labute approximate surface area is 62.6 Å². The van der Waals surface area contributed by atoms with Crippen LogP contribution < -0.4 is 0 Å². The normalized spacial score (nSPS) is 12.1. The smallest absolute Gasteiger partial charge is 0.314 e. The summed E-state index contributed by atoms with van der Waals surface area (Å²) in [6.07, 6.45) is -0.648. The fourth-order valence-electron chi connectivity index (χ4n) is 0.580. The van der Waals surface area contributed by atoms with Crippen LogP contribution in [0.5, 0.6) is 0 Å². The van der Waals surface area contributed by atoms with Crippen molar-refractivity contribution in [3.05, 3.63) is 0 Å². The number of carbonyl (C=O) groups excluding carboxylic acids is 1. The Kier molecular flexibility index (Phi) is 3.23. The fraction of sp³-hybridized carbons (Fsp3) is 0.500. The fourth-order valence-corrected chi connectivity index (χ4v) is 0.580. The standard InChI is InChI=1S/C6H8O5/c1-3(7)4(6(10)11)2-5(8)9/h4H,2H2,1H3,(H,8,9)(H,10,11). The maximum absolute atomic E-state index is 10.5.